The van der Waals surface area contributed by atoms with E-state index in [2.05, 4.69) is 20.3 Å². The first kappa shape index (κ1) is 18.4. The van der Waals surface area contributed by atoms with E-state index in [4.69, 9.17) is 11.5 Å². The number of anilines is 2. The Kier molecular flexibility index (Phi) is 4.57. The second kappa shape index (κ2) is 6.71. The number of fused-ring (bicyclic) bond motifs is 1. The van der Waals surface area contributed by atoms with Gasteiger partial charge in [-0.1, -0.05) is 12.1 Å². The second-order valence-electron chi connectivity index (χ2n) is 7.37. The molecule has 3 rings (SSSR count). The number of benzene rings is 1. The topological polar surface area (TPSA) is 140 Å². The second-order valence-corrected chi connectivity index (χ2v) is 7.37. The van der Waals surface area contributed by atoms with Crippen LogP contribution in [-0.2, 0) is 11.2 Å². The Balaban J connectivity index is 2.13. The molecular formula is C19H22N6O2. The molecule has 8 heteroatoms. The fraction of sp³-hybridized carbons (Fsp3) is 0.263. The lowest BCUT2D eigenvalue weighted by molar-refractivity contribution is -0.117. The average molecular weight is 366 g/mol. The van der Waals surface area contributed by atoms with Gasteiger partial charge >= 0.3 is 0 Å². The number of aromatic hydroxyl groups is 1. The van der Waals surface area contributed by atoms with E-state index in [0.717, 1.165) is 0 Å². The van der Waals surface area contributed by atoms with Gasteiger partial charge in [0.25, 0.3) is 0 Å². The summed E-state index contributed by atoms with van der Waals surface area (Å²) >= 11 is 0. The van der Waals surface area contributed by atoms with Crippen LogP contribution in [0.1, 0.15) is 26.3 Å². The fourth-order valence-electron chi connectivity index (χ4n) is 2.71. The van der Waals surface area contributed by atoms with Crippen molar-refractivity contribution in [3.63, 3.8) is 0 Å². The standard InChI is InChI=1S/C19H22N6O2/c1-19(2,3)25-18-23-9-13-16(24-18)12(8-22-17(13)21)10-4-5-11(7-15(20)27)14(26)6-10/h4-6,8-9,26H,7H2,1-3H3,(H2,20,27)(H2,21,22)(H,23,24,25). The number of hydrogen-bond acceptors (Lipinski definition) is 7. The first-order valence-electron chi connectivity index (χ1n) is 8.44. The number of nitrogens with one attached hydrogen (secondary N) is 1. The van der Waals surface area contributed by atoms with Crippen molar-refractivity contribution >= 4 is 28.6 Å². The minimum atomic E-state index is -0.511. The number of aromatic nitrogens is 3. The van der Waals surface area contributed by atoms with Gasteiger partial charge in [0.15, 0.2) is 0 Å². The van der Waals surface area contributed by atoms with Gasteiger partial charge in [-0.2, -0.15) is 0 Å². The average Bonchev–Trinajstić information content (AvgIpc) is 2.55. The number of amides is 1. The van der Waals surface area contributed by atoms with Gasteiger partial charge in [0.2, 0.25) is 11.9 Å². The van der Waals surface area contributed by atoms with Crippen LogP contribution in [0.2, 0.25) is 0 Å². The molecule has 2 aromatic heterocycles. The van der Waals surface area contributed by atoms with Crippen molar-refractivity contribution in [2.45, 2.75) is 32.7 Å². The molecule has 0 saturated carbocycles. The third kappa shape index (κ3) is 4.05. The van der Waals surface area contributed by atoms with E-state index < -0.39 is 5.91 Å². The smallest absolute Gasteiger partial charge is 0.223 e. The van der Waals surface area contributed by atoms with Crippen LogP contribution in [0.25, 0.3) is 22.0 Å². The van der Waals surface area contributed by atoms with Crippen molar-refractivity contribution in [2.75, 3.05) is 11.1 Å². The summed E-state index contributed by atoms with van der Waals surface area (Å²) < 4.78 is 0. The number of primary amides is 1. The molecule has 0 aliphatic heterocycles. The maximum atomic E-state index is 11.1. The molecule has 8 nitrogen and oxygen atoms in total. The van der Waals surface area contributed by atoms with Crippen LogP contribution in [0.15, 0.2) is 30.6 Å². The Hall–Kier alpha value is -3.42. The molecule has 3 aromatic rings. The minimum Gasteiger partial charge on any atom is -0.508 e. The van der Waals surface area contributed by atoms with Crippen molar-refractivity contribution in [1.82, 2.24) is 15.0 Å². The summed E-state index contributed by atoms with van der Waals surface area (Å²) in [6.07, 6.45) is 3.20. The number of nitrogen functional groups attached to an aromatic ring is 1. The zero-order chi connectivity index (χ0) is 19.8. The number of nitrogens with zero attached hydrogens (tertiary/aromatic N) is 3. The molecule has 140 valence electrons. The molecule has 2 heterocycles. The summed E-state index contributed by atoms with van der Waals surface area (Å²) in [5.74, 6) is 0.267. The molecule has 0 bridgehead atoms. The molecule has 0 aliphatic rings. The van der Waals surface area contributed by atoms with Crippen molar-refractivity contribution in [2.24, 2.45) is 5.73 Å². The maximum Gasteiger partial charge on any atom is 0.223 e. The van der Waals surface area contributed by atoms with Gasteiger partial charge in [0, 0.05) is 29.1 Å². The summed E-state index contributed by atoms with van der Waals surface area (Å²) in [4.78, 5) is 24.2. The number of pyridine rings is 1. The molecule has 1 amide bonds. The fourth-order valence-corrected chi connectivity index (χ4v) is 2.71. The molecule has 0 aliphatic carbocycles. The number of carbonyl (C=O) groups is 1. The minimum absolute atomic E-state index is 0.0154. The van der Waals surface area contributed by atoms with E-state index in [0.29, 0.717) is 39.4 Å². The lowest BCUT2D eigenvalue weighted by atomic mass is 10.0. The SMILES string of the molecule is CC(C)(C)Nc1ncc2c(N)ncc(-c3ccc(CC(N)=O)c(O)c3)c2n1. The number of rotatable bonds is 4. The molecule has 27 heavy (non-hydrogen) atoms. The third-order valence-corrected chi connectivity index (χ3v) is 3.90. The molecular weight excluding hydrogens is 344 g/mol. The Morgan fingerprint density at radius 2 is 1.96 bits per heavy atom. The quantitative estimate of drug-likeness (QED) is 0.555. The lowest BCUT2D eigenvalue weighted by Crippen LogP contribution is -2.27. The summed E-state index contributed by atoms with van der Waals surface area (Å²) in [6.45, 7) is 6.04. The van der Waals surface area contributed by atoms with E-state index in [1.54, 1.807) is 30.6 Å². The molecule has 0 fully saturated rings. The van der Waals surface area contributed by atoms with Gasteiger partial charge < -0.3 is 21.9 Å². The Bertz CT molecular complexity index is 1030. The maximum absolute atomic E-state index is 11.1. The van der Waals surface area contributed by atoms with Crippen molar-refractivity contribution in [3.8, 4) is 16.9 Å². The molecule has 1 aromatic carbocycles. The van der Waals surface area contributed by atoms with Gasteiger partial charge in [-0.05, 0) is 32.4 Å². The normalized spacial score (nSPS) is 11.5. The highest BCUT2D eigenvalue weighted by Crippen LogP contribution is 2.32. The van der Waals surface area contributed by atoms with E-state index in [1.807, 2.05) is 20.8 Å². The van der Waals surface area contributed by atoms with E-state index in [9.17, 15) is 9.90 Å². The van der Waals surface area contributed by atoms with Gasteiger partial charge in [-0.3, -0.25) is 4.79 Å². The van der Waals surface area contributed by atoms with E-state index in [1.165, 1.54) is 0 Å². The number of nitrogens with two attached hydrogens (primary N) is 2. The van der Waals surface area contributed by atoms with Crippen LogP contribution in [0.4, 0.5) is 11.8 Å². The van der Waals surface area contributed by atoms with Crippen LogP contribution in [0, 0.1) is 0 Å². The summed E-state index contributed by atoms with van der Waals surface area (Å²) in [5, 5.41) is 14.1. The Morgan fingerprint density at radius 3 is 2.59 bits per heavy atom. The highest BCUT2D eigenvalue weighted by molar-refractivity contribution is 5.98. The molecule has 0 atom stereocenters. The molecule has 0 spiro atoms. The van der Waals surface area contributed by atoms with Gasteiger partial charge in [-0.15, -0.1) is 0 Å². The largest absolute Gasteiger partial charge is 0.508 e. The molecule has 0 radical (unpaired) electrons. The highest BCUT2D eigenvalue weighted by Gasteiger charge is 2.16. The van der Waals surface area contributed by atoms with Crippen LogP contribution in [0.5, 0.6) is 5.75 Å². The number of hydrogen-bond donors (Lipinski definition) is 4. The van der Waals surface area contributed by atoms with Gasteiger partial charge in [0.1, 0.15) is 11.6 Å². The monoisotopic (exact) mass is 366 g/mol. The highest BCUT2D eigenvalue weighted by atomic mass is 16.3. The number of carbonyl (C=O) groups excluding carboxylic acids is 1. The first-order chi connectivity index (χ1) is 12.6. The molecule has 0 saturated heterocycles. The van der Waals surface area contributed by atoms with Crippen molar-refractivity contribution in [3.05, 3.63) is 36.2 Å². The lowest BCUT2D eigenvalue weighted by Gasteiger charge is -2.20. The van der Waals surface area contributed by atoms with Crippen LogP contribution < -0.4 is 16.8 Å². The van der Waals surface area contributed by atoms with E-state index in [-0.39, 0.29) is 17.7 Å². The first-order valence-corrected chi connectivity index (χ1v) is 8.44. The molecule has 6 N–H and O–H groups in total. The zero-order valence-corrected chi connectivity index (χ0v) is 15.4. The predicted octanol–water partition coefficient (Wildman–Crippen LogP) is 2.22. The van der Waals surface area contributed by atoms with Crippen molar-refractivity contribution in [1.29, 1.82) is 0 Å². The third-order valence-electron chi connectivity index (χ3n) is 3.90. The number of phenols is 1. The van der Waals surface area contributed by atoms with Crippen molar-refractivity contribution < 1.29 is 9.90 Å². The van der Waals surface area contributed by atoms with Crippen LogP contribution in [0.3, 0.4) is 0 Å². The van der Waals surface area contributed by atoms with Gasteiger partial charge in [-0.25, -0.2) is 15.0 Å². The van der Waals surface area contributed by atoms with Crippen LogP contribution in [-0.4, -0.2) is 31.5 Å². The summed E-state index contributed by atoms with van der Waals surface area (Å²) in [7, 11) is 0. The summed E-state index contributed by atoms with van der Waals surface area (Å²) in [5.41, 5.74) is 13.4. The van der Waals surface area contributed by atoms with Crippen LogP contribution >= 0.6 is 0 Å². The van der Waals surface area contributed by atoms with Gasteiger partial charge in [0.05, 0.1) is 17.3 Å². The predicted molar refractivity (Wildman–Crippen MR) is 105 cm³/mol. The zero-order valence-electron chi connectivity index (χ0n) is 15.4. The Labute approximate surface area is 156 Å². The summed E-state index contributed by atoms with van der Waals surface area (Å²) in [6, 6.07) is 5.00. The number of phenolic OH excluding ortho intramolecular Hbond substituents is 1. The molecule has 0 unspecified atom stereocenters. The van der Waals surface area contributed by atoms with E-state index >= 15 is 0 Å². The Morgan fingerprint density at radius 1 is 1.22 bits per heavy atom.